The van der Waals surface area contributed by atoms with Crippen LogP contribution in [0.1, 0.15) is 5.56 Å². The van der Waals surface area contributed by atoms with Gasteiger partial charge in [0.2, 0.25) is 5.13 Å². The van der Waals surface area contributed by atoms with Crippen LogP contribution in [0, 0.1) is 0 Å². The number of amides is 1. The molecule has 26 heavy (non-hydrogen) atoms. The molecule has 0 atom stereocenters. The molecule has 134 valence electrons. The van der Waals surface area contributed by atoms with Gasteiger partial charge in [-0.05, 0) is 39.7 Å². The van der Waals surface area contributed by atoms with Crippen LogP contribution in [-0.4, -0.2) is 22.7 Å². The van der Waals surface area contributed by atoms with Crippen molar-refractivity contribution < 1.29 is 9.53 Å². The summed E-state index contributed by atoms with van der Waals surface area (Å²) in [4.78, 5) is 12.0. The third-order valence-corrected chi connectivity index (χ3v) is 6.01. The smallest absolute Gasteiger partial charge is 0.264 e. The van der Waals surface area contributed by atoms with Crippen molar-refractivity contribution in [3.8, 4) is 5.75 Å². The van der Waals surface area contributed by atoms with E-state index in [0.29, 0.717) is 20.4 Å². The zero-order valence-electron chi connectivity index (χ0n) is 13.3. The molecule has 1 heterocycles. The first-order chi connectivity index (χ1) is 12.6. The summed E-state index contributed by atoms with van der Waals surface area (Å²) < 4.78 is 6.96. The fraction of sp³-hybridized carbons (Fsp3) is 0.118. The van der Waals surface area contributed by atoms with Crippen molar-refractivity contribution in [2.45, 2.75) is 10.1 Å². The van der Waals surface area contributed by atoms with Gasteiger partial charge in [-0.1, -0.05) is 65.0 Å². The van der Waals surface area contributed by atoms with Crippen molar-refractivity contribution in [3.63, 3.8) is 0 Å². The van der Waals surface area contributed by atoms with Crippen molar-refractivity contribution >= 4 is 61.7 Å². The number of hydrogen-bond donors (Lipinski definition) is 1. The molecule has 1 N–H and O–H groups in total. The molecule has 0 fully saturated rings. The second kappa shape index (κ2) is 9.36. The minimum Gasteiger partial charge on any atom is -0.483 e. The summed E-state index contributed by atoms with van der Waals surface area (Å²) in [5.74, 6) is 1.04. The van der Waals surface area contributed by atoms with Gasteiger partial charge < -0.3 is 4.74 Å². The van der Waals surface area contributed by atoms with Crippen LogP contribution in [-0.2, 0) is 10.5 Å². The van der Waals surface area contributed by atoms with E-state index in [1.165, 1.54) is 16.9 Å². The number of aromatic nitrogens is 2. The molecule has 1 aromatic heterocycles. The highest BCUT2D eigenvalue weighted by molar-refractivity contribution is 9.10. The van der Waals surface area contributed by atoms with Crippen molar-refractivity contribution in [2.24, 2.45) is 0 Å². The maximum Gasteiger partial charge on any atom is 0.264 e. The summed E-state index contributed by atoms with van der Waals surface area (Å²) in [6.45, 7) is -0.133. The molecule has 0 radical (unpaired) electrons. The highest BCUT2D eigenvalue weighted by Crippen LogP contribution is 2.29. The minimum absolute atomic E-state index is 0.133. The normalized spacial score (nSPS) is 10.5. The number of hydrogen-bond acceptors (Lipinski definition) is 6. The first kappa shape index (κ1) is 19.2. The Hall–Kier alpha value is -1.61. The molecule has 9 heteroatoms. The first-order valence-electron chi connectivity index (χ1n) is 7.48. The fourth-order valence-electron chi connectivity index (χ4n) is 1.93. The van der Waals surface area contributed by atoms with Crippen molar-refractivity contribution in [2.75, 3.05) is 11.9 Å². The van der Waals surface area contributed by atoms with Gasteiger partial charge >= 0.3 is 0 Å². The SMILES string of the molecule is O=C(COc1ccc(Cl)cc1Br)Nc1nnc(SCc2ccccc2)s1. The zero-order valence-corrected chi connectivity index (χ0v) is 17.3. The molecule has 5 nitrogen and oxygen atoms in total. The minimum atomic E-state index is -0.303. The van der Waals surface area contributed by atoms with E-state index in [4.69, 9.17) is 16.3 Å². The summed E-state index contributed by atoms with van der Waals surface area (Å²) in [6.07, 6.45) is 0. The summed E-state index contributed by atoms with van der Waals surface area (Å²) >= 11 is 12.1. The van der Waals surface area contributed by atoms with Gasteiger partial charge in [-0.25, -0.2) is 0 Å². The summed E-state index contributed by atoms with van der Waals surface area (Å²) in [5.41, 5.74) is 1.21. The second-order valence-corrected chi connectivity index (χ2v) is 8.55. The molecule has 0 unspecified atom stereocenters. The van der Waals surface area contributed by atoms with Gasteiger partial charge in [-0.3, -0.25) is 10.1 Å². The predicted octanol–water partition coefficient (Wildman–Crippen LogP) is 5.26. The maximum absolute atomic E-state index is 12.0. The predicted molar refractivity (Wildman–Crippen MR) is 109 cm³/mol. The number of benzene rings is 2. The second-order valence-electron chi connectivity index (χ2n) is 5.06. The van der Waals surface area contributed by atoms with E-state index in [9.17, 15) is 4.79 Å². The number of halogens is 2. The van der Waals surface area contributed by atoms with Crippen LogP contribution in [0.3, 0.4) is 0 Å². The monoisotopic (exact) mass is 469 g/mol. The number of carbonyl (C=O) groups is 1. The van der Waals surface area contributed by atoms with Crippen LogP contribution in [0.5, 0.6) is 5.75 Å². The van der Waals surface area contributed by atoms with Crippen LogP contribution < -0.4 is 10.1 Å². The van der Waals surface area contributed by atoms with E-state index >= 15 is 0 Å². The molecule has 0 aliphatic heterocycles. The maximum atomic E-state index is 12.0. The van der Waals surface area contributed by atoms with Gasteiger partial charge in [0.25, 0.3) is 5.91 Å². The van der Waals surface area contributed by atoms with E-state index in [-0.39, 0.29) is 12.5 Å². The van der Waals surface area contributed by atoms with E-state index in [1.54, 1.807) is 30.0 Å². The molecular formula is C17H13BrClN3O2S2. The topological polar surface area (TPSA) is 64.1 Å². The standard InChI is InChI=1S/C17H13BrClN3O2S2/c18-13-8-12(19)6-7-14(13)24-9-15(23)20-16-21-22-17(26-16)25-10-11-4-2-1-3-5-11/h1-8H,9-10H2,(H,20,21,23). The number of nitrogens with zero attached hydrogens (tertiary/aromatic N) is 2. The molecule has 0 saturated heterocycles. The number of rotatable bonds is 7. The lowest BCUT2D eigenvalue weighted by molar-refractivity contribution is -0.118. The van der Waals surface area contributed by atoms with Crippen LogP contribution >= 0.6 is 50.6 Å². The lowest BCUT2D eigenvalue weighted by atomic mass is 10.2. The molecule has 0 saturated carbocycles. The molecule has 3 aromatic rings. The van der Waals surface area contributed by atoms with E-state index in [2.05, 4.69) is 43.6 Å². The molecule has 1 amide bonds. The Morgan fingerprint density at radius 3 is 2.81 bits per heavy atom. The van der Waals surface area contributed by atoms with E-state index in [1.807, 2.05) is 18.2 Å². The summed E-state index contributed by atoms with van der Waals surface area (Å²) in [5, 5.41) is 11.8. The lowest BCUT2D eigenvalue weighted by Gasteiger charge is -2.07. The molecule has 3 rings (SSSR count). The first-order valence-corrected chi connectivity index (χ1v) is 10.5. The van der Waals surface area contributed by atoms with E-state index < -0.39 is 0 Å². The van der Waals surface area contributed by atoms with Gasteiger partial charge in [0.15, 0.2) is 10.9 Å². The number of nitrogens with one attached hydrogen (secondary N) is 1. The van der Waals surface area contributed by atoms with Crippen molar-refractivity contribution in [1.82, 2.24) is 10.2 Å². The third kappa shape index (κ3) is 5.70. The number of ether oxygens (including phenoxy) is 1. The van der Waals surface area contributed by atoms with Crippen molar-refractivity contribution in [3.05, 3.63) is 63.6 Å². The average molecular weight is 471 g/mol. The molecule has 0 spiro atoms. The average Bonchev–Trinajstić information content (AvgIpc) is 3.07. The Bertz CT molecular complexity index is 893. The Morgan fingerprint density at radius 2 is 2.04 bits per heavy atom. The molecule has 0 aliphatic rings. The Balaban J connectivity index is 1.48. The highest BCUT2D eigenvalue weighted by Gasteiger charge is 2.10. The lowest BCUT2D eigenvalue weighted by Crippen LogP contribution is -2.20. The quantitative estimate of drug-likeness (QED) is 0.377. The fourth-order valence-corrected chi connectivity index (χ4v) is 4.45. The van der Waals surface area contributed by atoms with Crippen LogP contribution in [0.4, 0.5) is 5.13 Å². The number of anilines is 1. The number of thioether (sulfide) groups is 1. The molecular weight excluding hydrogens is 458 g/mol. The van der Waals surface area contributed by atoms with Crippen LogP contribution in [0.15, 0.2) is 57.3 Å². The Kier molecular flexibility index (Phi) is 6.90. The molecule has 0 aliphatic carbocycles. The van der Waals surface area contributed by atoms with Crippen molar-refractivity contribution in [1.29, 1.82) is 0 Å². The summed E-state index contributed by atoms with van der Waals surface area (Å²) in [6, 6.07) is 15.2. The van der Waals surface area contributed by atoms with E-state index in [0.717, 1.165) is 10.1 Å². The summed E-state index contributed by atoms with van der Waals surface area (Å²) in [7, 11) is 0. The Morgan fingerprint density at radius 1 is 1.23 bits per heavy atom. The molecule has 2 aromatic carbocycles. The third-order valence-electron chi connectivity index (χ3n) is 3.11. The van der Waals surface area contributed by atoms with Crippen LogP contribution in [0.25, 0.3) is 0 Å². The van der Waals surface area contributed by atoms with Gasteiger partial charge in [0.05, 0.1) is 4.47 Å². The molecule has 0 bridgehead atoms. The highest BCUT2D eigenvalue weighted by atomic mass is 79.9. The van der Waals surface area contributed by atoms with Gasteiger partial charge in [-0.2, -0.15) is 0 Å². The van der Waals surface area contributed by atoms with Crippen LogP contribution in [0.2, 0.25) is 5.02 Å². The van der Waals surface area contributed by atoms with Gasteiger partial charge in [0, 0.05) is 10.8 Å². The van der Waals surface area contributed by atoms with Gasteiger partial charge in [0.1, 0.15) is 5.75 Å². The Labute approximate surface area is 172 Å². The zero-order chi connectivity index (χ0) is 18.4. The number of carbonyl (C=O) groups excluding carboxylic acids is 1. The largest absolute Gasteiger partial charge is 0.483 e. The van der Waals surface area contributed by atoms with Gasteiger partial charge in [-0.15, -0.1) is 10.2 Å².